The van der Waals surface area contributed by atoms with Gasteiger partial charge in [0.1, 0.15) is 11.4 Å². The first-order valence-electron chi connectivity index (χ1n) is 8.44. The van der Waals surface area contributed by atoms with Crippen molar-refractivity contribution in [1.82, 2.24) is 4.98 Å². The summed E-state index contributed by atoms with van der Waals surface area (Å²) in [6.45, 7) is 0. The van der Waals surface area contributed by atoms with Gasteiger partial charge in [-0.1, -0.05) is 29.3 Å². The predicted octanol–water partition coefficient (Wildman–Crippen LogP) is 5.66. The number of nitrogens with zero attached hydrogens (tertiary/aromatic N) is 1. The second-order valence-electron chi connectivity index (χ2n) is 6.16. The highest BCUT2D eigenvalue weighted by Gasteiger charge is 2.22. The number of aromatic nitrogens is 1. The lowest BCUT2D eigenvalue weighted by molar-refractivity contribution is 0.101. The highest BCUT2D eigenvalue weighted by Crippen LogP contribution is 2.35. The number of halogens is 2. The Bertz CT molecular complexity index is 1220. The number of hydrogen-bond donors (Lipinski definition) is 2. The van der Waals surface area contributed by atoms with Gasteiger partial charge in [0.15, 0.2) is 5.76 Å². The fourth-order valence-electron chi connectivity index (χ4n) is 3.09. The number of rotatable bonds is 4. The van der Waals surface area contributed by atoms with Gasteiger partial charge in [-0.2, -0.15) is 0 Å². The normalized spacial score (nSPS) is 11.0. The fourth-order valence-corrected chi connectivity index (χ4v) is 3.58. The molecule has 7 heteroatoms. The van der Waals surface area contributed by atoms with Gasteiger partial charge in [0.2, 0.25) is 5.78 Å². The zero-order chi connectivity index (χ0) is 19.8. The topological polar surface area (TPSA) is 81.1 Å². The molecule has 4 aromatic rings. The molecule has 0 atom stereocenters. The van der Waals surface area contributed by atoms with Crippen molar-refractivity contribution >= 4 is 51.5 Å². The summed E-state index contributed by atoms with van der Waals surface area (Å²) < 4.78 is 5.83. The lowest BCUT2D eigenvalue weighted by Crippen LogP contribution is -2.03. The minimum Gasteiger partial charge on any atom is -0.450 e. The highest BCUT2D eigenvalue weighted by molar-refractivity contribution is 6.37. The monoisotopic (exact) mass is 411 g/mol. The number of benzene rings is 2. The number of fused-ring (bicyclic) bond motifs is 1. The molecule has 0 unspecified atom stereocenters. The Morgan fingerprint density at radius 2 is 1.96 bits per heavy atom. The van der Waals surface area contributed by atoms with Crippen LogP contribution in [0.15, 0.2) is 59.1 Å². The molecule has 0 saturated heterocycles. The Kier molecular flexibility index (Phi) is 4.71. The summed E-state index contributed by atoms with van der Waals surface area (Å²) in [7, 11) is 1.81. The summed E-state index contributed by atoms with van der Waals surface area (Å²) in [4.78, 5) is 17.2. The van der Waals surface area contributed by atoms with Gasteiger partial charge in [0.25, 0.3) is 0 Å². The van der Waals surface area contributed by atoms with E-state index < -0.39 is 5.78 Å². The van der Waals surface area contributed by atoms with E-state index in [0.717, 1.165) is 16.9 Å². The number of nitrogen functional groups attached to an aromatic ring is 1. The van der Waals surface area contributed by atoms with Crippen LogP contribution in [0.2, 0.25) is 10.0 Å². The van der Waals surface area contributed by atoms with Crippen LogP contribution in [0.1, 0.15) is 16.1 Å². The van der Waals surface area contributed by atoms with Crippen LogP contribution in [-0.2, 0) is 0 Å². The fraction of sp³-hybridized carbons (Fsp3) is 0.0476. The molecule has 3 N–H and O–H groups in total. The molecule has 0 spiro atoms. The third-order valence-corrected chi connectivity index (χ3v) is 5.01. The maximum absolute atomic E-state index is 12.9. The zero-order valence-corrected chi connectivity index (χ0v) is 16.3. The molecule has 0 saturated carbocycles. The Hall–Kier alpha value is -3.02. The van der Waals surface area contributed by atoms with E-state index in [2.05, 4.69) is 10.3 Å². The van der Waals surface area contributed by atoms with Crippen LogP contribution in [0.25, 0.3) is 22.1 Å². The number of pyridine rings is 1. The van der Waals surface area contributed by atoms with Crippen molar-refractivity contribution in [3.05, 3.63) is 76.1 Å². The number of furan rings is 1. The summed E-state index contributed by atoms with van der Waals surface area (Å²) in [5, 5.41) is 4.41. The van der Waals surface area contributed by atoms with E-state index in [1.807, 2.05) is 37.4 Å². The molecule has 2 heterocycles. The minimum atomic E-state index is -0.394. The predicted molar refractivity (Wildman–Crippen MR) is 113 cm³/mol. The van der Waals surface area contributed by atoms with Crippen LogP contribution in [0, 0.1) is 0 Å². The molecular formula is C21H15Cl2N3O2. The standard InChI is InChI=1S/C21H15Cl2N3O2/c1-25-21-13(3-2-8-26-21)11-4-6-15-17(9-11)28-20(18(15)24)19(27)14-7-5-12(22)10-16(14)23/h2-10H,24H2,1H3,(H,25,26). The van der Waals surface area contributed by atoms with Gasteiger partial charge in [-0.25, -0.2) is 4.98 Å². The third kappa shape index (κ3) is 3.09. The number of hydrogen-bond acceptors (Lipinski definition) is 5. The lowest BCUT2D eigenvalue weighted by Gasteiger charge is -2.07. The first-order valence-corrected chi connectivity index (χ1v) is 9.20. The Labute approximate surface area is 171 Å². The molecule has 2 aromatic heterocycles. The number of nitrogens with one attached hydrogen (secondary N) is 1. The van der Waals surface area contributed by atoms with Crippen LogP contribution in [0.5, 0.6) is 0 Å². The van der Waals surface area contributed by atoms with Gasteiger partial charge >= 0.3 is 0 Å². The second-order valence-corrected chi connectivity index (χ2v) is 7.00. The second kappa shape index (κ2) is 7.19. The number of carbonyl (C=O) groups excluding carboxylic acids is 1. The number of nitrogens with two attached hydrogens (primary N) is 1. The molecule has 0 aliphatic rings. The molecule has 0 fully saturated rings. The largest absolute Gasteiger partial charge is 0.450 e. The van der Waals surface area contributed by atoms with Gasteiger partial charge in [-0.3, -0.25) is 4.79 Å². The molecule has 140 valence electrons. The highest BCUT2D eigenvalue weighted by atomic mass is 35.5. The smallest absolute Gasteiger partial charge is 0.231 e. The first-order chi connectivity index (χ1) is 13.5. The van der Waals surface area contributed by atoms with E-state index in [0.29, 0.717) is 16.0 Å². The van der Waals surface area contributed by atoms with Crippen molar-refractivity contribution in [3.8, 4) is 11.1 Å². The summed E-state index contributed by atoms with van der Waals surface area (Å²) in [6, 6.07) is 14.0. The Morgan fingerprint density at radius 1 is 1.14 bits per heavy atom. The third-order valence-electron chi connectivity index (χ3n) is 4.47. The van der Waals surface area contributed by atoms with Gasteiger partial charge in [0.05, 0.1) is 10.7 Å². The van der Waals surface area contributed by atoms with Crippen LogP contribution in [-0.4, -0.2) is 17.8 Å². The van der Waals surface area contributed by atoms with E-state index in [4.69, 9.17) is 33.4 Å². The van der Waals surface area contributed by atoms with Crippen molar-refractivity contribution in [2.24, 2.45) is 0 Å². The molecule has 0 bridgehead atoms. The van der Waals surface area contributed by atoms with E-state index in [1.54, 1.807) is 18.3 Å². The molecule has 0 amide bonds. The van der Waals surface area contributed by atoms with Crippen molar-refractivity contribution in [2.75, 3.05) is 18.1 Å². The van der Waals surface area contributed by atoms with E-state index in [-0.39, 0.29) is 22.0 Å². The van der Waals surface area contributed by atoms with Crippen LogP contribution >= 0.6 is 23.2 Å². The van der Waals surface area contributed by atoms with Crippen molar-refractivity contribution in [2.45, 2.75) is 0 Å². The molecule has 4 rings (SSSR count). The van der Waals surface area contributed by atoms with Gasteiger partial charge in [-0.15, -0.1) is 0 Å². The molecule has 0 aliphatic heterocycles. The maximum Gasteiger partial charge on any atom is 0.231 e. The summed E-state index contributed by atoms with van der Waals surface area (Å²) in [5.74, 6) is 0.399. The van der Waals surface area contributed by atoms with Gasteiger partial charge in [0, 0.05) is 34.8 Å². The van der Waals surface area contributed by atoms with Crippen molar-refractivity contribution < 1.29 is 9.21 Å². The molecule has 28 heavy (non-hydrogen) atoms. The number of anilines is 2. The summed E-state index contributed by atoms with van der Waals surface area (Å²) in [6.07, 6.45) is 1.71. The van der Waals surface area contributed by atoms with Gasteiger partial charge in [-0.05, 0) is 48.0 Å². The summed E-state index contributed by atoms with van der Waals surface area (Å²) >= 11 is 12.1. The van der Waals surface area contributed by atoms with Crippen LogP contribution in [0.4, 0.5) is 11.5 Å². The molecule has 2 aromatic carbocycles. The van der Waals surface area contributed by atoms with Crippen LogP contribution < -0.4 is 11.1 Å². The Balaban J connectivity index is 1.82. The number of ketones is 1. The molecule has 5 nitrogen and oxygen atoms in total. The molecule has 0 radical (unpaired) electrons. The lowest BCUT2D eigenvalue weighted by atomic mass is 10.0. The minimum absolute atomic E-state index is 0.0522. The average Bonchev–Trinajstić information content (AvgIpc) is 3.03. The average molecular weight is 412 g/mol. The molecule has 0 aliphatic carbocycles. The van der Waals surface area contributed by atoms with Crippen molar-refractivity contribution in [3.63, 3.8) is 0 Å². The molecular weight excluding hydrogens is 397 g/mol. The number of carbonyl (C=O) groups is 1. The van der Waals surface area contributed by atoms with Gasteiger partial charge < -0.3 is 15.5 Å². The first kappa shape index (κ1) is 18.3. The van der Waals surface area contributed by atoms with E-state index in [9.17, 15) is 4.79 Å². The maximum atomic E-state index is 12.9. The summed E-state index contributed by atoms with van der Waals surface area (Å²) in [5.41, 5.74) is 9.06. The van der Waals surface area contributed by atoms with Crippen molar-refractivity contribution in [1.29, 1.82) is 0 Å². The zero-order valence-electron chi connectivity index (χ0n) is 14.8. The quantitative estimate of drug-likeness (QED) is 0.423. The van der Waals surface area contributed by atoms with E-state index in [1.165, 1.54) is 6.07 Å². The Morgan fingerprint density at radius 3 is 2.71 bits per heavy atom. The van der Waals surface area contributed by atoms with Crippen LogP contribution in [0.3, 0.4) is 0 Å². The SMILES string of the molecule is CNc1ncccc1-c1ccc2c(N)c(C(=O)c3ccc(Cl)cc3Cl)oc2c1. The van der Waals surface area contributed by atoms with E-state index >= 15 is 0 Å².